The van der Waals surface area contributed by atoms with Crippen LogP contribution in [0.1, 0.15) is 5.82 Å². The molecule has 3 heterocycles. The molecule has 0 saturated carbocycles. The second kappa shape index (κ2) is 6.41. The van der Waals surface area contributed by atoms with Gasteiger partial charge in [0.15, 0.2) is 11.6 Å². The van der Waals surface area contributed by atoms with Gasteiger partial charge in [-0.1, -0.05) is 0 Å². The van der Waals surface area contributed by atoms with E-state index in [4.69, 9.17) is 9.47 Å². The molecule has 23 heavy (non-hydrogen) atoms. The van der Waals surface area contributed by atoms with E-state index in [1.54, 1.807) is 43.2 Å². The quantitative estimate of drug-likeness (QED) is 0.764. The van der Waals surface area contributed by atoms with Crippen molar-refractivity contribution in [3.8, 4) is 28.8 Å². The molecule has 0 radical (unpaired) electrons. The maximum Gasteiger partial charge on any atom is 0.213 e. The van der Waals surface area contributed by atoms with Crippen LogP contribution in [-0.2, 0) is 11.3 Å². The van der Waals surface area contributed by atoms with E-state index >= 15 is 0 Å². The number of hydrogen-bond acceptors (Lipinski definition) is 7. The molecule has 0 bridgehead atoms. The molecule has 1 N–H and O–H groups in total. The van der Waals surface area contributed by atoms with Crippen molar-refractivity contribution in [1.82, 2.24) is 24.7 Å². The highest BCUT2D eigenvalue weighted by Crippen LogP contribution is 2.23. The smallest absolute Gasteiger partial charge is 0.213 e. The molecule has 0 aliphatic rings. The molecule has 8 nitrogen and oxygen atoms in total. The van der Waals surface area contributed by atoms with Gasteiger partial charge in [0.25, 0.3) is 0 Å². The van der Waals surface area contributed by atoms with Gasteiger partial charge in [-0.3, -0.25) is 4.57 Å². The van der Waals surface area contributed by atoms with E-state index in [0.29, 0.717) is 23.2 Å². The summed E-state index contributed by atoms with van der Waals surface area (Å²) >= 11 is 0. The topological polar surface area (TPSA) is 95.2 Å². The van der Waals surface area contributed by atoms with Crippen LogP contribution >= 0.6 is 0 Å². The number of rotatable bonds is 5. The lowest BCUT2D eigenvalue weighted by Crippen LogP contribution is -2.05. The summed E-state index contributed by atoms with van der Waals surface area (Å²) in [6, 6.07) is 6.81. The summed E-state index contributed by atoms with van der Waals surface area (Å²) in [5.41, 5.74) is 1.33. The molecule has 0 saturated heterocycles. The summed E-state index contributed by atoms with van der Waals surface area (Å²) in [5, 5.41) is 17.7. The molecule has 0 fully saturated rings. The Morgan fingerprint density at radius 1 is 1.04 bits per heavy atom. The Balaban J connectivity index is 2.11. The SMILES string of the molecule is COCc1nnc(-c2ccc(O)cn2)n1-c1ccc(OC)nc1. The Morgan fingerprint density at radius 2 is 1.91 bits per heavy atom. The van der Waals surface area contributed by atoms with Crippen LogP contribution in [0.4, 0.5) is 0 Å². The molecule has 0 amide bonds. The molecule has 3 aromatic heterocycles. The van der Waals surface area contributed by atoms with Crippen LogP contribution in [0, 0.1) is 0 Å². The van der Waals surface area contributed by atoms with Gasteiger partial charge in [-0.25, -0.2) is 9.97 Å². The monoisotopic (exact) mass is 313 g/mol. The first-order valence-corrected chi connectivity index (χ1v) is 6.82. The van der Waals surface area contributed by atoms with Gasteiger partial charge in [0.05, 0.1) is 25.2 Å². The van der Waals surface area contributed by atoms with Crippen molar-refractivity contribution in [2.75, 3.05) is 14.2 Å². The third-order valence-corrected chi connectivity index (χ3v) is 3.17. The summed E-state index contributed by atoms with van der Waals surface area (Å²) in [4.78, 5) is 8.39. The zero-order valence-electron chi connectivity index (χ0n) is 12.7. The van der Waals surface area contributed by atoms with E-state index in [0.717, 1.165) is 5.69 Å². The third kappa shape index (κ3) is 2.97. The Kier molecular flexibility index (Phi) is 4.15. The number of pyridine rings is 2. The van der Waals surface area contributed by atoms with E-state index in [2.05, 4.69) is 20.2 Å². The molecule has 118 valence electrons. The summed E-state index contributed by atoms with van der Waals surface area (Å²) in [7, 11) is 3.15. The van der Waals surface area contributed by atoms with Crippen LogP contribution in [0.5, 0.6) is 11.6 Å². The molecule has 3 rings (SSSR count). The number of ether oxygens (including phenoxy) is 2. The number of aromatic hydroxyl groups is 1. The van der Waals surface area contributed by atoms with Crippen LogP contribution in [-0.4, -0.2) is 44.1 Å². The Hall–Kier alpha value is -3.00. The fourth-order valence-corrected chi connectivity index (χ4v) is 2.12. The minimum atomic E-state index is 0.0862. The van der Waals surface area contributed by atoms with Crippen LogP contribution in [0.2, 0.25) is 0 Å². The average molecular weight is 313 g/mol. The van der Waals surface area contributed by atoms with Crippen LogP contribution in [0.25, 0.3) is 17.2 Å². The lowest BCUT2D eigenvalue weighted by atomic mass is 10.3. The van der Waals surface area contributed by atoms with Crippen molar-refractivity contribution in [2.24, 2.45) is 0 Å². The first kappa shape index (κ1) is 14.9. The van der Waals surface area contributed by atoms with E-state index in [9.17, 15) is 5.11 Å². The maximum absolute atomic E-state index is 9.39. The van der Waals surface area contributed by atoms with Crippen LogP contribution in [0.3, 0.4) is 0 Å². The number of methoxy groups -OCH3 is 2. The van der Waals surface area contributed by atoms with Crippen molar-refractivity contribution >= 4 is 0 Å². The van der Waals surface area contributed by atoms with Crippen LogP contribution < -0.4 is 4.74 Å². The highest BCUT2D eigenvalue weighted by molar-refractivity contribution is 5.54. The molecule has 0 unspecified atom stereocenters. The number of hydrogen-bond donors (Lipinski definition) is 1. The predicted molar refractivity (Wildman–Crippen MR) is 81.3 cm³/mol. The van der Waals surface area contributed by atoms with Gasteiger partial charge in [-0.2, -0.15) is 0 Å². The Bertz CT molecular complexity index is 784. The summed E-state index contributed by atoms with van der Waals surface area (Å²) in [6.07, 6.45) is 3.02. The Labute approximate surface area is 132 Å². The summed E-state index contributed by atoms with van der Waals surface area (Å²) in [5.74, 6) is 1.75. The van der Waals surface area contributed by atoms with Gasteiger partial charge in [0.2, 0.25) is 5.88 Å². The van der Waals surface area contributed by atoms with E-state index < -0.39 is 0 Å². The highest BCUT2D eigenvalue weighted by atomic mass is 16.5. The van der Waals surface area contributed by atoms with Crippen molar-refractivity contribution in [3.05, 3.63) is 42.5 Å². The first-order chi connectivity index (χ1) is 11.2. The highest BCUT2D eigenvalue weighted by Gasteiger charge is 2.17. The standard InChI is InChI=1S/C15H15N5O3/c1-22-9-13-18-19-15(12-5-4-11(21)8-16-12)20(13)10-3-6-14(23-2)17-7-10/h3-8,21H,9H2,1-2H3. The van der Waals surface area contributed by atoms with Crippen LogP contribution in [0.15, 0.2) is 36.7 Å². The molecule has 0 aromatic carbocycles. The van der Waals surface area contributed by atoms with Gasteiger partial charge in [-0.15, -0.1) is 10.2 Å². The molecule has 8 heteroatoms. The molecular formula is C15H15N5O3. The molecule has 0 aliphatic carbocycles. The molecule has 0 atom stereocenters. The van der Waals surface area contributed by atoms with Crippen molar-refractivity contribution in [2.45, 2.75) is 6.61 Å². The van der Waals surface area contributed by atoms with Gasteiger partial charge in [-0.05, 0) is 18.2 Å². The fraction of sp³-hybridized carbons (Fsp3) is 0.200. The lowest BCUT2D eigenvalue weighted by Gasteiger charge is -2.10. The number of aromatic nitrogens is 5. The van der Waals surface area contributed by atoms with Gasteiger partial charge in [0, 0.05) is 13.2 Å². The average Bonchev–Trinajstić information content (AvgIpc) is 3.00. The molecule has 0 aliphatic heterocycles. The van der Waals surface area contributed by atoms with Crippen molar-refractivity contribution < 1.29 is 14.6 Å². The van der Waals surface area contributed by atoms with Gasteiger partial charge >= 0.3 is 0 Å². The molecular weight excluding hydrogens is 298 g/mol. The summed E-state index contributed by atoms with van der Waals surface area (Å²) in [6.45, 7) is 0.289. The normalized spacial score (nSPS) is 10.7. The third-order valence-electron chi connectivity index (χ3n) is 3.17. The fourth-order valence-electron chi connectivity index (χ4n) is 2.12. The van der Waals surface area contributed by atoms with E-state index in [1.165, 1.54) is 6.20 Å². The van der Waals surface area contributed by atoms with Crippen molar-refractivity contribution in [1.29, 1.82) is 0 Å². The minimum absolute atomic E-state index is 0.0862. The van der Waals surface area contributed by atoms with Gasteiger partial charge in [0.1, 0.15) is 18.1 Å². The predicted octanol–water partition coefficient (Wildman–Crippen LogP) is 1.58. The zero-order chi connectivity index (χ0) is 16.2. The minimum Gasteiger partial charge on any atom is -0.506 e. The van der Waals surface area contributed by atoms with Gasteiger partial charge < -0.3 is 14.6 Å². The second-order valence-corrected chi connectivity index (χ2v) is 4.67. The molecule has 3 aromatic rings. The van der Waals surface area contributed by atoms with E-state index in [-0.39, 0.29) is 12.4 Å². The zero-order valence-corrected chi connectivity index (χ0v) is 12.7. The lowest BCUT2D eigenvalue weighted by molar-refractivity contribution is 0.176. The van der Waals surface area contributed by atoms with E-state index in [1.807, 2.05) is 6.07 Å². The number of nitrogens with zero attached hydrogens (tertiary/aromatic N) is 5. The van der Waals surface area contributed by atoms with Crippen molar-refractivity contribution in [3.63, 3.8) is 0 Å². The largest absolute Gasteiger partial charge is 0.506 e. The maximum atomic E-state index is 9.39. The Morgan fingerprint density at radius 3 is 2.52 bits per heavy atom. The summed E-state index contributed by atoms with van der Waals surface area (Å²) < 4.78 is 12.1. The molecule has 0 spiro atoms. The first-order valence-electron chi connectivity index (χ1n) is 6.82. The second-order valence-electron chi connectivity index (χ2n) is 4.67.